The number of benzene rings is 1. The third kappa shape index (κ3) is 3.46. The van der Waals surface area contributed by atoms with Crippen LogP contribution in [0.4, 0.5) is 0 Å². The SMILES string of the molecule is Cc1cc(C)cc(CSc2nnc(C3CCCCC3)n2N)c1. The van der Waals surface area contributed by atoms with Gasteiger partial charge in [0, 0.05) is 11.7 Å². The summed E-state index contributed by atoms with van der Waals surface area (Å²) in [5.41, 5.74) is 3.91. The largest absolute Gasteiger partial charge is 0.336 e. The maximum absolute atomic E-state index is 6.23. The molecular formula is C17H24N4S. The predicted molar refractivity (Wildman–Crippen MR) is 91.5 cm³/mol. The Morgan fingerprint density at radius 3 is 2.45 bits per heavy atom. The highest BCUT2D eigenvalue weighted by molar-refractivity contribution is 7.98. The summed E-state index contributed by atoms with van der Waals surface area (Å²) in [5.74, 6) is 8.56. The van der Waals surface area contributed by atoms with Crippen molar-refractivity contribution in [2.24, 2.45) is 0 Å². The van der Waals surface area contributed by atoms with Gasteiger partial charge in [-0.1, -0.05) is 60.4 Å². The molecule has 0 radical (unpaired) electrons. The van der Waals surface area contributed by atoms with Crippen molar-refractivity contribution < 1.29 is 0 Å². The lowest BCUT2D eigenvalue weighted by Crippen LogP contribution is -2.18. The molecule has 1 aliphatic rings. The van der Waals surface area contributed by atoms with Crippen molar-refractivity contribution >= 4 is 11.8 Å². The lowest BCUT2D eigenvalue weighted by atomic mass is 9.89. The van der Waals surface area contributed by atoms with Crippen molar-refractivity contribution in [1.29, 1.82) is 0 Å². The van der Waals surface area contributed by atoms with E-state index in [1.165, 1.54) is 48.8 Å². The predicted octanol–water partition coefficient (Wildman–Crippen LogP) is 3.95. The monoisotopic (exact) mass is 316 g/mol. The molecule has 1 saturated carbocycles. The van der Waals surface area contributed by atoms with E-state index in [0.29, 0.717) is 5.92 Å². The summed E-state index contributed by atoms with van der Waals surface area (Å²) < 4.78 is 1.71. The van der Waals surface area contributed by atoms with Crippen LogP contribution in [0.2, 0.25) is 0 Å². The van der Waals surface area contributed by atoms with Gasteiger partial charge in [0.05, 0.1) is 0 Å². The molecule has 1 aromatic carbocycles. The number of nitrogen functional groups attached to an aromatic ring is 1. The Morgan fingerprint density at radius 2 is 1.77 bits per heavy atom. The zero-order chi connectivity index (χ0) is 15.5. The van der Waals surface area contributed by atoms with Crippen molar-refractivity contribution in [3.05, 3.63) is 40.7 Å². The van der Waals surface area contributed by atoms with Crippen LogP contribution in [0, 0.1) is 13.8 Å². The van der Waals surface area contributed by atoms with Crippen molar-refractivity contribution in [2.75, 3.05) is 5.84 Å². The average Bonchev–Trinajstić information content (AvgIpc) is 2.86. The molecule has 3 rings (SSSR count). The lowest BCUT2D eigenvalue weighted by molar-refractivity contribution is 0.421. The minimum Gasteiger partial charge on any atom is -0.336 e. The summed E-state index contributed by atoms with van der Waals surface area (Å²) in [5, 5.41) is 9.47. The quantitative estimate of drug-likeness (QED) is 0.685. The molecule has 5 heteroatoms. The summed E-state index contributed by atoms with van der Waals surface area (Å²) in [6, 6.07) is 6.64. The van der Waals surface area contributed by atoms with Gasteiger partial charge in [-0.2, -0.15) is 0 Å². The molecule has 0 saturated heterocycles. The Hall–Kier alpha value is -1.49. The van der Waals surface area contributed by atoms with Crippen LogP contribution in [0.1, 0.15) is 60.5 Å². The molecular weight excluding hydrogens is 292 g/mol. The Labute approximate surface area is 136 Å². The molecule has 4 nitrogen and oxygen atoms in total. The fourth-order valence-corrected chi connectivity index (χ4v) is 4.12. The molecule has 0 unspecified atom stereocenters. The Bertz CT molecular complexity index is 624. The second-order valence-corrected chi connectivity index (χ2v) is 7.27. The summed E-state index contributed by atoms with van der Waals surface area (Å²) in [6.45, 7) is 4.27. The average molecular weight is 316 g/mol. The second-order valence-electron chi connectivity index (χ2n) is 6.33. The first kappa shape index (κ1) is 15.4. The van der Waals surface area contributed by atoms with Gasteiger partial charge in [0.1, 0.15) is 0 Å². The highest BCUT2D eigenvalue weighted by Crippen LogP contribution is 2.32. The summed E-state index contributed by atoms with van der Waals surface area (Å²) in [7, 11) is 0. The van der Waals surface area contributed by atoms with Crippen LogP contribution in [-0.2, 0) is 5.75 Å². The smallest absolute Gasteiger partial charge is 0.210 e. The highest BCUT2D eigenvalue weighted by atomic mass is 32.2. The summed E-state index contributed by atoms with van der Waals surface area (Å²) in [6.07, 6.45) is 6.28. The second kappa shape index (κ2) is 6.73. The fraction of sp³-hybridized carbons (Fsp3) is 0.529. The van der Waals surface area contributed by atoms with E-state index in [4.69, 9.17) is 5.84 Å². The zero-order valence-electron chi connectivity index (χ0n) is 13.4. The number of nitrogens with zero attached hydrogens (tertiary/aromatic N) is 3. The van der Waals surface area contributed by atoms with Gasteiger partial charge in [0.2, 0.25) is 5.16 Å². The molecule has 118 valence electrons. The third-order valence-electron chi connectivity index (χ3n) is 4.31. The van der Waals surface area contributed by atoms with Crippen molar-refractivity contribution in [3.8, 4) is 0 Å². The van der Waals surface area contributed by atoms with Gasteiger partial charge < -0.3 is 5.84 Å². The first-order valence-corrected chi connectivity index (χ1v) is 9.02. The maximum Gasteiger partial charge on any atom is 0.210 e. The molecule has 1 aliphatic carbocycles. The van der Waals surface area contributed by atoms with Crippen LogP contribution in [0.25, 0.3) is 0 Å². The van der Waals surface area contributed by atoms with Gasteiger partial charge >= 0.3 is 0 Å². The van der Waals surface area contributed by atoms with Crippen LogP contribution in [0.5, 0.6) is 0 Å². The third-order valence-corrected chi connectivity index (χ3v) is 5.32. The van der Waals surface area contributed by atoms with E-state index < -0.39 is 0 Å². The molecule has 22 heavy (non-hydrogen) atoms. The van der Waals surface area contributed by atoms with Crippen LogP contribution in [-0.4, -0.2) is 14.9 Å². The van der Waals surface area contributed by atoms with E-state index in [0.717, 1.165) is 16.7 Å². The van der Waals surface area contributed by atoms with Gasteiger partial charge in [-0.15, -0.1) is 10.2 Å². The molecule has 0 amide bonds. The van der Waals surface area contributed by atoms with E-state index >= 15 is 0 Å². The van der Waals surface area contributed by atoms with E-state index in [1.807, 2.05) is 0 Å². The molecule has 1 aromatic heterocycles. The Balaban J connectivity index is 1.69. The van der Waals surface area contributed by atoms with E-state index in [-0.39, 0.29) is 0 Å². The van der Waals surface area contributed by atoms with Crippen molar-refractivity contribution in [1.82, 2.24) is 14.9 Å². The Morgan fingerprint density at radius 1 is 1.09 bits per heavy atom. The Kier molecular flexibility index (Phi) is 4.71. The standard InChI is InChI=1S/C17H24N4S/c1-12-8-13(2)10-14(9-12)11-22-17-20-19-16(21(17)18)15-6-4-3-5-7-15/h8-10,15H,3-7,11,18H2,1-2H3. The summed E-state index contributed by atoms with van der Waals surface area (Å²) in [4.78, 5) is 0. The minimum atomic E-state index is 0.488. The van der Waals surface area contributed by atoms with Crippen LogP contribution < -0.4 is 5.84 Å². The maximum atomic E-state index is 6.23. The summed E-state index contributed by atoms with van der Waals surface area (Å²) >= 11 is 1.67. The van der Waals surface area contributed by atoms with Gasteiger partial charge in [0.15, 0.2) is 5.82 Å². The number of aryl methyl sites for hydroxylation is 2. The molecule has 0 aliphatic heterocycles. The van der Waals surface area contributed by atoms with E-state index in [1.54, 1.807) is 16.4 Å². The minimum absolute atomic E-state index is 0.488. The van der Waals surface area contributed by atoms with Crippen molar-refractivity contribution in [3.63, 3.8) is 0 Å². The van der Waals surface area contributed by atoms with Crippen LogP contribution in [0.3, 0.4) is 0 Å². The lowest BCUT2D eigenvalue weighted by Gasteiger charge is -2.20. The highest BCUT2D eigenvalue weighted by Gasteiger charge is 2.22. The normalized spacial score (nSPS) is 16.1. The van der Waals surface area contributed by atoms with Gasteiger partial charge in [-0.3, -0.25) is 0 Å². The number of thioether (sulfide) groups is 1. The molecule has 2 aromatic rings. The van der Waals surface area contributed by atoms with Gasteiger partial charge in [0.25, 0.3) is 0 Å². The molecule has 1 fully saturated rings. The van der Waals surface area contributed by atoms with Crippen molar-refractivity contribution in [2.45, 2.75) is 62.8 Å². The van der Waals surface area contributed by atoms with E-state index in [9.17, 15) is 0 Å². The van der Waals surface area contributed by atoms with Crippen LogP contribution in [0.15, 0.2) is 23.4 Å². The number of rotatable bonds is 4. The van der Waals surface area contributed by atoms with Gasteiger partial charge in [-0.25, -0.2) is 4.68 Å². The molecule has 0 bridgehead atoms. The van der Waals surface area contributed by atoms with E-state index in [2.05, 4.69) is 42.2 Å². The van der Waals surface area contributed by atoms with Crippen LogP contribution >= 0.6 is 11.8 Å². The number of nitrogens with two attached hydrogens (primary N) is 1. The molecule has 0 spiro atoms. The fourth-order valence-electron chi connectivity index (χ4n) is 3.33. The number of aromatic nitrogens is 3. The number of hydrogen-bond acceptors (Lipinski definition) is 4. The van der Waals surface area contributed by atoms with Gasteiger partial charge in [-0.05, 0) is 32.3 Å². The molecule has 2 N–H and O–H groups in total. The zero-order valence-corrected chi connectivity index (χ0v) is 14.2. The first-order valence-electron chi connectivity index (χ1n) is 8.04. The number of hydrogen-bond donors (Lipinski definition) is 1. The topological polar surface area (TPSA) is 56.7 Å². The first-order chi connectivity index (χ1) is 10.6. The molecule has 0 atom stereocenters. The molecule has 1 heterocycles.